The van der Waals surface area contributed by atoms with Gasteiger partial charge in [-0.1, -0.05) is 68.6 Å². The summed E-state index contributed by atoms with van der Waals surface area (Å²) in [7, 11) is -1.63. The van der Waals surface area contributed by atoms with Crippen LogP contribution in [0.3, 0.4) is 0 Å². The fraction of sp³-hybridized carbons (Fsp3) is 0.333. The van der Waals surface area contributed by atoms with Crippen LogP contribution in [0.25, 0.3) is 0 Å². The summed E-state index contributed by atoms with van der Waals surface area (Å²) < 4.78 is 0. The van der Waals surface area contributed by atoms with E-state index in [4.69, 9.17) is 21.6 Å². The third-order valence-electron chi connectivity index (χ3n) is 3.96. The van der Waals surface area contributed by atoms with Crippen molar-refractivity contribution < 1.29 is 19.6 Å². The van der Waals surface area contributed by atoms with Crippen LogP contribution in [0.5, 0.6) is 0 Å². The molecule has 0 saturated heterocycles. The molecule has 0 heterocycles. The Morgan fingerprint density at radius 3 is 2.24 bits per heavy atom. The Morgan fingerprint density at radius 1 is 1.03 bits per heavy atom. The van der Waals surface area contributed by atoms with Crippen LogP contribution in [0.2, 0.25) is 5.02 Å². The van der Waals surface area contributed by atoms with Gasteiger partial charge in [0.15, 0.2) is 0 Å². The van der Waals surface area contributed by atoms with Gasteiger partial charge >= 0.3 is 7.12 Å². The van der Waals surface area contributed by atoms with E-state index in [1.165, 1.54) is 12.8 Å². The highest BCUT2D eigenvalue weighted by Crippen LogP contribution is 2.21. The molecule has 2 aromatic rings. The Labute approximate surface area is 177 Å². The number of carbonyl (C=O) groups is 2. The van der Waals surface area contributed by atoms with Gasteiger partial charge in [-0.25, -0.2) is 0 Å². The first-order valence-electron chi connectivity index (χ1n) is 9.61. The molecule has 0 aromatic heterocycles. The second-order valence-corrected chi connectivity index (χ2v) is 6.87. The Kier molecular flexibility index (Phi) is 11.7. The van der Waals surface area contributed by atoms with Gasteiger partial charge in [0.05, 0.1) is 18.9 Å². The maximum absolute atomic E-state index is 12.4. The summed E-state index contributed by atoms with van der Waals surface area (Å²) in [5.74, 6) is -0.744. The Morgan fingerprint density at radius 2 is 1.69 bits per heavy atom. The van der Waals surface area contributed by atoms with Gasteiger partial charge in [0.2, 0.25) is 5.91 Å². The van der Waals surface area contributed by atoms with Gasteiger partial charge in [-0.05, 0) is 29.8 Å². The minimum absolute atomic E-state index is 0.0639. The maximum atomic E-state index is 12.4. The van der Waals surface area contributed by atoms with E-state index >= 15 is 0 Å². The lowest BCUT2D eigenvalue weighted by Gasteiger charge is -2.19. The van der Waals surface area contributed by atoms with Crippen LogP contribution < -0.4 is 10.6 Å². The van der Waals surface area contributed by atoms with Gasteiger partial charge < -0.3 is 20.7 Å². The minimum atomic E-state index is -1.63. The fourth-order valence-corrected chi connectivity index (χ4v) is 2.47. The topological polar surface area (TPSA) is 98.7 Å². The summed E-state index contributed by atoms with van der Waals surface area (Å²) in [6, 6.07) is 14.9. The molecule has 2 amide bonds. The van der Waals surface area contributed by atoms with Crippen LogP contribution in [0, 0.1) is 0 Å². The van der Waals surface area contributed by atoms with E-state index in [2.05, 4.69) is 24.5 Å². The number of rotatable bonds is 8. The molecule has 0 radical (unpaired) electrons. The summed E-state index contributed by atoms with van der Waals surface area (Å²) in [4.78, 5) is 24.4. The summed E-state index contributed by atoms with van der Waals surface area (Å²) in [6.45, 7) is 4.36. The van der Waals surface area contributed by atoms with Crippen molar-refractivity contribution in [1.82, 2.24) is 10.6 Å². The van der Waals surface area contributed by atoms with Crippen molar-refractivity contribution in [3.63, 3.8) is 0 Å². The number of halogens is 1. The number of hydrogen-bond donors (Lipinski definition) is 4. The maximum Gasteiger partial charge on any atom is 0.472 e. The molecule has 156 valence electrons. The number of amides is 2. The molecule has 0 spiro atoms. The average Bonchev–Trinajstić information content (AvgIpc) is 2.72. The van der Waals surface area contributed by atoms with Gasteiger partial charge in [-0.15, -0.1) is 0 Å². The van der Waals surface area contributed by atoms with E-state index in [1.54, 1.807) is 54.6 Å². The number of benzene rings is 2. The zero-order valence-electron chi connectivity index (χ0n) is 16.8. The van der Waals surface area contributed by atoms with Crippen molar-refractivity contribution in [3.8, 4) is 0 Å². The summed E-state index contributed by atoms with van der Waals surface area (Å²) >= 11 is 6.00. The first-order chi connectivity index (χ1) is 13.9. The second-order valence-electron chi connectivity index (χ2n) is 6.44. The zero-order chi connectivity index (χ0) is 21.6. The number of unbranched alkanes of at least 4 members (excludes halogenated alkanes) is 1. The summed E-state index contributed by atoms with van der Waals surface area (Å²) in [5, 5.41) is 23.4. The van der Waals surface area contributed by atoms with Crippen molar-refractivity contribution in [1.29, 1.82) is 0 Å². The molecule has 2 aromatic carbocycles. The van der Waals surface area contributed by atoms with E-state index in [9.17, 15) is 9.59 Å². The lowest BCUT2D eigenvalue weighted by molar-refractivity contribution is -0.121. The quantitative estimate of drug-likeness (QED) is 0.495. The predicted octanol–water partition coefficient (Wildman–Crippen LogP) is 3.14. The van der Waals surface area contributed by atoms with Crippen molar-refractivity contribution >= 4 is 30.5 Å². The van der Waals surface area contributed by atoms with E-state index in [-0.39, 0.29) is 18.8 Å². The van der Waals surface area contributed by atoms with Crippen LogP contribution in [0.1, 0.15) is 55.1 Å². The van der Waals surface area contributed by atoms with Crippen molar-refractivity contribution in [2.45, 2.75) is 39.2 Å². The fourth-order valence-electron chi connectivity index (χ4n) is 2.27. The standard InChI is InChI=1S/C17H18BClN2O4.C4H10/c19-14-8-4-7-13(9-14)15(10-16(22)20-11-18(24)25)21-17(23)12-5-2-1-3-6-12;1-3-4-2/h1-9,15,24-25H,10-11H2,(H,20,22)(H,21,23);3-4H2,1-2H3. The lowest BCUT2D eigenvalue weighted by atomic mass is 9.92. The normalized spacial score (nSPS) is 10.9. The highest BCUT2D eigenvalue weighted by Gasteiger charge is 2.20. The van der Waals surface area contributed by atoms with Gasteiger partial charge in [-0.3, -0.25) is 9.59 Å². The molecule has 0 saturated carbocycles. The van der Waals surface area contributed by atoms with Crippen molar-refractivity contribution in [2.24, 2.45) is 0 Å². The second kappa shape index (κ2) is 13.8. The predicted molar refractivity (Wildman–Crippen MR) is 117 cm³/mol. The SMILES string of the molecule is CCCC.O=C(CC(NC(=O)c1ccccc1)c1cccc(Cl)c1)NCB(O)O. The number of hydrogen-bond acceptors (Lipinski definition) is 4. The molecule has 1 atom stereocenters. The number of carbonyl (C=O) groups excluding carboxylic acids is 2. The van der Waals surface area contributed by atoms with E-state index in [0.717, 1.165) is 0 Å². The van der Waals surface area contributed by atoms with Crippen LogP contribution in [-0.2, 0) is 4.79 Å². The molecule has 0 bridgehead atoms. The van der Waals surface area contributed by atoms with E-state index in [1.807, 2.05) is 0 Å². The number of nitrogens with one attached hydrogen (secondary N) is 2. The molecule has 1 unspecified atom stereocenters. The molecule has 0 aliphatic rings. The molecule has 29 heavy (non-hydrogen) atoms. The minimum Gasteiger partial charge on any atom is -0.426 e. The lowest BCUT2D eigenvalue weighted by Crippen LogP contribution is -2.38. The van der Waals surface area contributed by atoms with Gasteiger partial charge in [0, 0.05) is 10.6 Å². The smallest absolute Gasteiger partial charge is 0.426 e. The Balaban J connectivity index is 0.000000960. The molecule has 0 aliphatic carbocycles. The zero-order valence-corrected chi connectivity index (χ0v) is 17.5. The monoisotopic (exact) mass is 418 g/mol. The summed E-state index contributed by atoms with van der Waals surface area (Å²) in [5.41, 5.74) is 1.15. The molecular formula is C21H28BClN2O4. The first kappa shape index (κ1) is 24.7. The van der Waals surface area contributed by atoms with Crippen LogP contribution >= 0.6 is 11.6 Å². The molecule has 0 aliphatic heterocycles. The molecule has 0 fully saturated rings. The average molecular weight is 419 g/mol. The van der Waals surface area contributed by atoms with Gasteiger partial charge in [0.1, 0.15) is 0 Å². The van der Waals surface area contributed by atoms with Gasteiger partial charge in [-0.2, -0.15) is 0 Å². The van der Waals surface area contributed by atoms with Crippen LogP contribution in [0.15, 0.2) is 54.6 Å². The molecular weight excluding hydrogens is 391 g/mol. The Bertz CT molecular complexity index is 757. The van der Waals surface area contributed by atoms with E-state index < -0.39 is 19.1 Å². The van der Waals surface area contributed by atoms with Crippen molar-refractivity contribution in [3.05, 3.63) is 70.7 Å². The highest BCUT2D eigenvalue weighted by molar-refractivity contribution is 6.41. The molecule has 6 nitrogen and oxygen atoms in total. The third kappa shape index (κ3) is 10.1. The highest BCUT2D eigenvalue weighted by atomic mass is 35.5. The van der Waals surface area contributed by atoms with Crippen LogP contribution in [-0.4, -0.2) is 35.4 Å². The summed E-state index contributed by atoms with van der Waals surface area (Å²) in [6.07, 6.45) is 2.29. The molecule has 8 heteroatoms. The Hall–Kier alpha value is -2.35. The van der Waals surface area contributed by atoms with E-state index in [0.29, 0.717) is 16.1 Å². The molecule has 2 rings (SSSR count). The van der Waals surface area contributed by atoms with Crippen LogP contribution in [0.4, 0.5) is 0 Å². The molecule has 4 N–H and O–H groups in total. The largest absolute Gasteiger partial charge is 0.472 e. The van der Waals surface area contributed by atoms with Crippen molar-refractivity contribution in [2.75, 3.05) is 6.44 Å². The third-order valence-corrected chi connectivity index (χ3v) is 4.20. The first-order valence-corrected chi connectivity index (χ1v) is 9.99. The van der Waals surface area contributed by atoms with Gasteiger partial charge in [0.25, 0.3) is 5.91 Å².